The highest BCUT2D eigenvalue weighted by molar-refractivity contribution is 5.87. The smallest absolute Gasteiger partial charge is 0.335 e. The molecule has 1 aliphatic rings. The zero-order valence-electron chi connectivity index (χ0n) is 9.19. The summed E-state index contributed by atoms with van der Waals surface area (Å²) < 4.78 is 5.16. The summed E-state index contributed by atoms with van der Waals surface area (Å²) in [6, 6.07) is 6.77. The normalized spacial score (nSPS) is 17.6. The van der Waals surface area contributed by atoms with Crippen LogP contribution in [0.25, 0.3) is 0 Å². The Balaban J connectivity index is 1.92. The first-order valence-corrected chi connectivity index (χ1v) is 5.24. The van der Waals surface area contributed by atoms with Gasteiger partial charge in [0.05, 0.1) is 18.8 Å². The van der Waals surface area contributed by atoms with Gasteiger partial charge in [0.2, 0.25) is 0 Å². The molecule has 1 fully saturated rings. The minimum Gasteiger partial charge on any atom is -0.478 e. The Morgan fingerprint density at radius 1 is 1.44 bits per heavy atom. The lowest BCUT2D eigenvalue weighted by Crippen LogP contribution is -2.45. The maximum atomic E-state index is 10.6. The number of carboxylic acids is 1. The van der Waals surface area contributed by atoms with Crippen molar-refractivity contribution in [2.24, 2.45) is 5.41 Å². The summed E-state index contributed by atoms with van der Waals surface area (Å²) in [5.41, 5.74) is 1.47. The first kappa shape index (κ1) is 11.0. The van der Waals surface area contributed by atoms with Crippen molar-refractivity contribution in [3.8, 4) is 0 Å². The largest absolute Gasteiger partial charge is 0.478 e. The molecule has 2 N–H and O–H groups in total. The number of hydrogen-bond donors (Lipinski definition) is 2. The number of hydrogen-bond acceptors (Lipinski definition) is 3. The van der Waals surface area contributed by atoms with Gasteiger partial charge in [0.25, 0.3) is 0 Å². The van der Waals surface area contributed by atoms with Gasteiger partial charge >= 0.3 is 5.97 Å². The summed E-state index contributed by atoms with van der Waals surface area (Å²) in [4.78, 5) is 10.6. The molecule has 86 valence electrons. The number of benzene rings is 1. The minimum absolute atomic E-state index is 0.214. The highest BCUT2D eigenvalue weighted by Crippen LogP contribution is 2.26. The zero-order chi connectivity index (χ0) is 11.6. The molecule has 1 saturated heterocycles. The van der Waals surface area contributed by atoms with E-state index in [0.717, 1.165) is 25.4 Å². The highest BCUT2D eigenvalue weighted by atomic mass is 16.5. The third-order valence-corrected chi connectivity index (χ3v) is 2.75. The van der Waals surface area contributed by atoms with Gasteiger partial charge in [0.1, 0.15) is 0 Å². The molecular formula is C12H15NO3. The van der Waals surface area contributed by atoms with Crippen molar-refractivity contribution in [3.63, 3.8) is 0 Å². The highest BCUT2D eigenvalue weighted by Gasteiger charge is 2.32. The second-order valence-electron chi connectivity index (χ2n) is 4.54. The third kappa shape index (κ3) is 2.33. The van der Waals surface area contributed by atoms with Crippen LogP contribution in [-0.4, -0.2) is 30.8 Å². The summed E-state index contributed by atoms with van der Waals surface area (Å²) >= 11 is 0. The summed E-state index contributed by atoms with van der Waals surface area (Å²) in [6.07, 6.45) is 0. The van der Waals surface area contributed by atoms with Gasteiger partial charge in [-0.2, -0.15) is 0 Å². The van der Waals surface area contributed by atoms with Crippen LogP contribution in [0.5, 0.6) is 0 Å². The number of nitrogens with one attached hydrogen (secondary N) is 1. The fraction of sp³-hybridized carbons (Fsp3) is 0.417. The zero-order valence-corrected chi connectivity index (χ0v) is 9.19. The Morgan fingerprint density at radius 2 is 2.06 bits per heavy atom. The molecule has 0 atom stereocenters. The SMILES string of the molecule is CC1(CNc2ccc(C(=O)O)cc2)COC1. The second kappa shape index (κ2) is 4.14. The molecule has 0 aromatic heterocycles. The molecule has 0 aliphatic carbocycles. The second-order valence-corrected chi connectivity index (χ2v) is 4.54. The van der Waals surface area contributed by atoms with Crippen LogP contribution in [0.1, 0.15) is 17.3 Å². The molecule has 0 spiro atoms. The topological polar surface area (TPSA) is 58.6 Å². The lowest BCUT2D eigenvalue weighted by molar-refractivity contribution is -0.0924. The van der Waals surface area contributed by atoms with E-state index in [1.165, 1.54) is 0 Å². The Morgan fingerprint density at radius 3 is 2.50 bits per heavy atom. The molecule has 1 heterocycles. The predicted molar refractivity (Wildman–Crippen MR) is 60.8 cm³/mol. The van der Waals surface area contributed by atoms with Gasteiger partial charge in [-0.05, 0) is 24.3 Å². The standard InChI is InChI=1S/C12H15NO3/c1-12(7-16-8-12)6-13-10-4-2-9(3-5-10)11(14)15/h2-5,13H,6-8H2,1H3,(H,14,15). The van der Waals surface area contributed by atoms with Crippen molar-refractivity contribution in [3.05, 3.63) is 29.8 Å². The Labute approximate surface area is 94.2 Å². The monoisotopic (exact) mass is 221 g/mol. The van der Waals surface area contributed by atoms with E-state index in [0.29, 0.717) is 5.56 Å². The molecule has 0 saturated carbocycles. The minimum atomic E-state index is -0.897. The van der Waals surface area contributed by atoms with Crippen LogP contribution >= 0.6 is 0 Å². The van der Waals surface area contributed by atoms with Gasteiger partial charge in [-0.15, -0.1) is 0 Å². The van der Waals surface area contributed by atoms with Crippen molar-refractivity contribution in [2.45, 2.75) is 6.92 Å². The quantitative estimate of drug-likeness (QED) is 0.814. The van der Waals surface area contributed by atoms with Crippen molar-refractivity contribution in [1.29, 1.82) is 0 Å². The van der Waals surface area contributed by atoms with Gasteiger partial charge in [-0.25, -0.2) is 4.79 Å². The molecule has 0 radical (unpaired) electrons. The molecule has 4 nitrogen and oxygen atoms in total. The molecule has 2 rings (SSSR count). The number of carboxylic acid groups (broad SMARTS) is 1. The number of aromatic carboxylic acids is 1. The molecule has 16 heavy (non-hydrogen) atoms. The van der Waals surface area contributed by atoms with Crippen molar-refractivity contribution >= 4 is 11.7 Å². The van der Waals surface area contributed by atoms with Crippen LogP contribution in [0.15, 0.2) is 24.3 Å². The molecule has 1 aromatic carbocycles. The maximum absolute atomic E-state index is 10.6. The van der Waals surface area contributed by atoms with Crippen LogP contribution in [-0.2, 0) is 4.74 Å². The van der Waals surface area contributed by atoms with Gasteiger partial charge in [0.15, 0.2) is 0 Å². The van der Waals surface area contributed by atoms with Crippen LogP contribution in [0, 0.1) is 5.41 Å². The van der Waals surface area contributed by atoms with Gasteiger partial charge in [0, 0.05) is 17.6 Å². The summed E-state index contributed by atoms with van der Waals surface area (Å²) in [6.45, 7) is 4.58. The average Bonchev–Trinajstić information content (AvgIpc) is 2.24. The summed E-state index contributed by atoms with van der Waals surface area (Å²) in [7, 11) is 0. The van der Waals surface area contributed by atoms with Gasteiger partial charge in [-0.3, -0.25) is 0 Å². The lowest BCUT2D eigenvalue weighted by atomic mass is 9.89. The van der Waals surface area contributed by atoms with Crippen molar-refractivity contribution in [1.82, 2.24) is 0 Å². The fourth-order valence-electron chi connectivity index (χ4n) is 1.60. The molecule has 4 heteroatoms. The van der Waals surface area contributed by atoms with Crippen LogP contribution in [0.3, 0.4) is 0 Å². The van der Waals surface area contributed by atoms with E-state index in [-0.39, 0.29) is 5.41 Å². The number of anilines is 1. The summed E-state index contributed by atoms with van der Waals surface area (Å²) in [5.74, 6) is -0.897. The van der Waals surface area contributed by atoms with Gasteiger partial charge < -0.3 is 15.2 Å². The average molecular weight is 221 g/mol. The van der Waals surface area contributed by atoms with E-state index in [9.17, 15) is 4.79 Å². The van der Waals surface area contributed by atoms with Gasteiger partial charge in [-0.1, -0.05) is 6.92 Å². The van der Waals surface area contributed by atoms with E-state index in [1.54, 1.807) is 24.3 Å². The van der Waals surface area contributed by atoms with E-state index >= 15 is 0 Å². The van der Waals surface area contributed by atoms with Crippen LogP contribution in [0.4, 0.5) is 5.69 Å². The molecule has 1 aromatic rings. The Bertz CT molecular complexity index is 382. The van der Waals surface area contributed by atoms with E-state index < -0.39 is 5.97 Å². The lowest BCUT2D eigenvalue weighted by Gasteiger charge is -2.38. The Kier molecular flexibility index (Phi) is 2.83. The fourth-order valence-corrected chi connectivity index (χ4v) is 1.60. The molecular weight excluding hydrogens is 206 g/mol. The molecule has 1 aliphatic heterocycles. The molecule has 0 amide bonds. The molecule has 0 unspecified atom stereocenters. The van der Waals surface area contributed by atoms with Crippen molar-refractivity contribution < 1.29 is 14.6 Å². The van der Waals surface area contributed by atoms with E-state index in [2.05, 4.69) is 12.2 Å². The summed E-state index contributed by atoms with van der Waals surface area (Å²) in [5, 5.41) is 12.0. The molecule has 0 bridgehead atoms. The third-order valence-electron chi connectivity index (χ3n) is 2.75. The van der Waals surface area contributed by atoms with Crippen LogP contribution < -0.4 is 5.32 Å². The Hall–Kier alpha value is -1.55. The number of ether oxygens (including phenoxy) is 1. The maximum Gasteiger partial charge on any atom is 0.335 e. The van der Waals surface area contributed by atoms with Crippen LogP contribution in [0.2, 0.25) is 0 Å². The van der Waals surface area contributed by atoms with Crippen molar-refractivity contribution in [2.75, 3.05) is 25.1 Å². The number of carbonyl (C=O) groups is 1. The first-order valence-electron chi connectivity index (χ1n) is 5.24. The predicted octanol–water partition coefficient (Wildman–Crippen LogP) is 1.83. The number of rotatable bonds is 4. The first-order chi connectivity index (χ1) is 7.59. The van der Waals surface area contributed by atoms with E-state index in [4.69, 9.17) is 9.84 Å². The van der Waals surface area contributed by atoms with E-state index in [1.807, 2.05) is 0 Å².